The normalized spacial score (nSPS) is 23.4. The molecule has 1 amide bonds. The molecule has 2 aliphatic heterocycles. The summed E-state index contributed by atoms with van der Waals surface area (Å²) in [6.07, 6.45) is 4.75. The molecule has 0 aliphatic carbocycles. The lowest BCUT2D eigenvalue weighted by molar-refractivity contribution is -0.629. The van der Waals surface area contributed by atoms with E-state index in [4.69, 9.17) is 19.5 Å². The van der Waals surface area contributed by atoms with Crippen LogP contribution in [0.4, 0.5) is 4.79 Å². The molecule has 0 spiro atoms. The first kappa shape index (κ1) is 21.9. The zero-order valence-electron chi connectivity index (χ0n) is 17.8. The highest BCUT2D eigenvalue weighted by Crippen LogP contribution is 2.38. The molecule has 2 saturated heterocycles. The lowest BCUT2D eigenvalue weighted by Gasteiger charge is -2.32. The lowest BCUT2D eigenvalue weighted by Crippen LogP contribution is -2.86. The van der Waals surface area contributed by atoms with Gasteiger partial charge < -0.3 is 29.7 Å². The molecule has 0 radical (unpaired) electrons. The molecule has 2 aliphatic rings. The van der Waals surface area contributed by atoms with Crippen molar-refractivity contribution in [3.63, 3.8) is 0 Å². The number of hydrogen-bond acceptors (Lipinski definition) is 5. The van der Waals surface area contributed by atoms with Crippen molar-refractivity contribution in [1.82, 2.24) is 4.90 Å². The van der Waals surface area contributed by atoms with Gasteiger partial charge in [-0.05, 0) is 48.5 Å². The van der Waals surface area contributed by atoms with Gasteiger partial charge in [-0.1, -0.05) is 0 Å². The second kappa shape index (κ2) is 7.93. The number of nitrogens with two attached hydrogens (primary N) is 1. The van der Waals surface area contributed by atoms with Gasteiger partial charge in [0.05, 0.1) is 28.9 Å². The molecular formula is C19H35BN3O4+. The minimum Gasteiger partial charge on any atom is -0.444 e. The summed E-state index contributed by atoms with van der Waals surface area (Å²) < 4.78 is 17.5. The summed E-state index contributed by atoms with van der Waals surface area (Å²) in [7, 11) is -0.523. The highest BCUT2D eigenvalue weighted by atomic mass is 16.7. The van der Waals surface area contributed by atoms with Crippen molar-refractivity contribution in [1.29, 1.82) is 5.41 Å². The van der Waals surface area contributed by atoms with Crippen molar-refractivity contribution in [3.8, 4) is 0 Å². The van der Waals surface area contributed by atoms with Crippen molar-refractivity contribution in [3.05, 3.63) is 11.7 Å². The summed E-state index contributed by atoms with van der Waals surface area (Å²) in [6.45, 7) is 15.0. The van der Waals surface area contributed by atoms with Crippen LogP contribution in [0.3, 0.4) is 0 Å². The summed E-state index contributed by atoms with van der Waals surface area (Å²) in [4.78, 5) is 13.9. The van der Waals surface area contributed by atoms with Gasteiger partial charge in [0, 0.05) is 32.1 Å². The first-order valence-electron chi connectivity index (χ1n) is 9.74. The van der Waals surface area contributed by atoms with E-state index in [1.807, 2.05) is 54.7 Å². The zero-order valence-corrected chi connectivity index (χ0v) is 17.8. The van der Waals surface area contributed by atoms with Crippen molar-refractivity contribution >= 4 is 19.4 Å². The molecule has 0 aromatic carbocycles. The topological polar surface area (TPSA) is 88.5 Å². The number of hydrogen-bond donors (Lipinski definition) is 2. The van der Waals surface area contributed by atoms with Gasteiger partial charge in [0.25, 0.3) is 0 Å². The summed E-state index contributed by atoms with van der Waals surface area (Å²) in [5, 5.41) is 9.84. The fourth-order valence-corrected chi connectivity index (χ4v) is 3.02. The van der Waals surface area contributed by atoms with Gasteiger partial charge in [0.15, 0.2) is 0 Å². The summed E-state index contributed by atoms with van der Waals surface area (Å²) >= 11 is 0. The van der Waals surface area contributed by atoms with E-state index >= 15 is 0 Å². The van der Waals surface area contributed by atoms with E-state index in [1.54, 1.807) is 4.90 Å². The number of rotatable bonds is 4. The molecule has 8 heteroatoms. The molecule has 2 fully saturated rings. The number of carbonyl (C=O) groups excluding carboxylic acids is 1. The molecule has 2 heterocycles. The smallest absolute Gasteiger partial charge is 0.444 e. The van der Waals surface area contributed by atoms with Gasteiger partial charge >= 0.3 is 13.2 Å². The van der Waals surface area contributed by atoms with E-state index in [2.05, 4.69) is 5.32 Å². The molecule has 0 aromatic heterocycles. The number of ether oxygens (including phenoxy) is 1. The van der Waals surface area contributed by atoms with Crippen LogP contribution in [0, 0.1) is 5.41 Å². The molecule has 0 atom stereocenters. The Bertz CT molecular complexity index is 574. The predicted molar refractivity (Wildman–Crippen MR) is 106 cm³/mol. The van der Waals surface area contributed by atoms with E-state index in [0.717, 1.165) is 12.8 Å². The third-order valence-corrected chi connectivity index (χ3v) is 5.44. The Morgan fingerprint density at radius 3 is 2.15 bits per heavy atom. The number of nitrogens with zero attached hydrogens (tertiary/aromatic N) is 1. The van der Waals surface area contributed by atoms with Gasteiger partial charge in [0.1, 0.15) is 5.60 Å². The Hall–Kier alpha value is -1.38. The van der Waals surface area contributed by atoms with Crippen LogP contribution in [0.25, 0.3) is 0 Å². The standard InChI is InChI=1S/C19H34BN3O4/c1-17(2,3)25-16(24)23-10-8-15(9-11-23)22-13-14(12-21)20-26-18(4,5)19(6,7)27-20/h12-13,15,21-22H,8-11H2,1-7H3/p+1. The highest BCUT2D eigenvalue weighted by molar-refractivity contribution is 6.60. The summed E-state index contributed by atoms with van der Waals surface area (Å²) in [5.41, 5.74) is -0.593. The van der Waals surface area contributed by atoms with Gasteiger partial charge in [-0.2, -0.15) is 0 Å². The van der Waals surface area contributed by atoms with Crippen molar-refractivity contribution in [2.24, 2.45) is 0 Å². The largest absolute Gasteiger partial charge is 0.501 e. The fraction of sp³-hybridized carbons (Fsp3) is 0.789. The molecule has 27 heavy (non-hydrogen) atoms. The Labute approximate surface area is 163 Å². The monoisotopic (exact) mass is 380 g/mol. The molecule has 3 N–H and O–H groups in total. The Balaban J connectivity index is 1.88. The predicted octanol–water partition coefficient (Wildman–Crippen LogP) is 2.11. The summed E-state index contributed by atoms with van der Waals surface area (Å²) in [6, 6.07) is 0.362. The number of likely N-dealkylation sites (tertiary alicyclic amines) is 1. The molecule has 2 rings (SSSR count). The van der Waals surface area contributed by atoms with Crippen LogP contribution >= 0.6 is 0 Å². The molecule has 0 aromatic rings. The van der Waals surface area contributed by atoms with E-state index < -0.39 is 23.9 Å². The van der Waals surface area contributed by atoms with Gasteiger partial charge in [-0.3, -0.25) is 0 Å². The molecule has 0 saturated carbocycles. The van der Waals surface area contributed by atoms with Crippen LogP contribution < -0.4 is 5.32 Å². The second-order valence-electron chi connectivity index (χ2n) is 9.40. The van der Waals surface area contributed by atoms with E-state index in [1.165, 1.54) is 6.21 Å². The van der Waals surface area contributed by atoms with Crippen LogP contribution in [0.15, 0.2) is 11.7 Å². The van der Waals surface area contributed by atoms with Crippen molar-refractivity contribution < 1.29 is 24.2 Å². The molecule has 152 valence electrons. The minimum absolute atomic E-state index is 0.242. The zero-order chi connectivity index (χ0) is 20.5. The SMILES string of the molecule is CC(C)(C)OC(=O)N1CCC([NH2+]C=C(C=N)B2OC(C)(C)C(C)(C)O2)CC1. The van der Waals surface area contributed by atoms with Crippen LogP contribution in [0.1, 0.15) is 61.3 Å². The quantitative estimate of drug-likeness (QED) is 0.578. The van der Waals surface area contributed by atoms with E-state index in [-0.39, 0.29) is 6.09 Å². The molecule has 0 bridgehead atoms. The van der Waals surface area contributed by atoms with Crippen molar-refractivity contribution in [2.45, 2.75) is 84.2 Å². The van der Waals surface area contributed by atoms with Gasteiger partial charge in [0.2, 0.25) is 0 Å². The maximum absolute atomic E-state index is 12.1. The van der Waals surface area contributed by atoms with Gasteiger partial charge in [-0.15, -0.1) is 0 Å². The fourth-order valence-electron chi connectivity index (χ4n) is 3.02. The first-order chi connectivity index (χ1) is 12.3. The van der Waals surface area contributed by atoms with Crippen LogP contribution in [0.2, 0.25) is 0 Å². The van der Waals surface area contributed by atoms with E-state index in [0.29, 0.717) is 24.6 Å². The average Bonchev–Trinajstić information content (AvgIpc) is 2.74. The third kappa shape index (κ3) is 5.56. The average molecular weight is 380 g/mol. The van der Waals surface area contributed by atoms with Crippen LogP contribution in [-0.4, -0.2) is 60.3 Å². The van der Waals surface area contributed by atoms with Crippen molar-refractivity contribution in [2.75, 3.05) is 13.1 Å². The molecular weight excluding hydrogens is 345 g/mol. The minimum atomic E-state index is -0.523. The Kier molecular flexibility index (Phi) is 6.44. The number of allylic oxidation sites excluding steroid dienone is 1. The second-order valence-corrected chi connectivity index (χ2v) is 9.40. The number of amides is 1. The maximum Gasteiger partial charge on any atom is 0.501 e. The third-order valence-electron chi connectivity index (χ3n) is 5.44. The molecule has 7 nitrogen and oxygen atoms in total. The number of quaternary nitrogens is 1. The first-order valence-corrected chi connectivity index (χ1v) is 9.74. The number of carbonyl (C=O) groups is 1. The van der Waals surface area contributed by atoms with Crippen LogP contribution in [0.5, 0.6) is 0 Å². The number of nitrogens with one attached hydrogen (secondary N) is 1. The summed E-state index contributed by atoms with van der Waals surface area (Å²) in [5.74, 6) is 0. The Morgan fingerprint density at radius 1 is 1.19 bits per heavy atom. The number of piperidine rings is 1. The highest BCUT2D eigenvalue weighted by Gasteiger charge is 2.52. The van der Waals surface area contributed by atoms with Crippen LogP contribution in [-0.2, 0) is 14.0 Å². The van der Waals surface area contributed by atoms with E-state index in [9.17, 15) is 4.79 Å². The maximum atomic E-state index is 12.1. The lowest BCUT2D eigenvalue weighted by atomic mass is 9.79. The van der Waals surface area contributed by atoms with Gasteiger partial charge in [-0.25, -0.2) is 4.79 Å². The molecule has 0 unspecified atom stereocenters. The Morgan fingerprint density at radius 2 is 1.70 bits per heavy atom.